The van der Waals surface area contributed by atoms with Gasteiger partial charge in [0, 0.05) is 9.79 Å². The van der Waals surface area contributed by atoms with E-state index >= 15 is 0 Å². The molecule has 0 fully saturated rings. The number of fused-ring (bicyclic) bond motifs is 2. The van der Waals surface area contributed by atoms with Crippen LogP contribution in [0.5, 0.6) is 0 Å². The third kappa shape index (κ3) is 1.23. The number of rotatable bonds is 0. The lowest BCUT2D eigenvalue weighted by Crippen LogP contribution is -1.73. The fraction of sp³-hybridized carbons (Fsp3) is 0. The van der Waals surface area contributed by atoms with E-state index < -0.39 is 0 Å². The molecule has 46 valence electrons. The van der Waals surface area contributed by atoms with Crippen LogP contribution in [-0.4, -0.2) is 0 Å². The van der Waals surface area contributed by atoms with Crippen LogP contribution in [0.15, 0.2) is 34.1 Å². The van der Waals surface area contributed by atoms with Crippen molar-refractivity contribution in [3.63, 3.8) is 0 Å². The fourth-order valence-corrected chi connectivity index (χ4v) is 4.47. The average molecular weight is 172 g/mol. The van der Waals surface area contributed by atoms with Crippen molar-refractivity contribution >= 4 is 31.4 Å². The van der Waals surface area contributed by atoms with Gasteiger partial charge in [-0.3, -0.25) is 0 Å². The second-order valence-electron chi connectivity index (χ2n) is 1.71. The molecule has 0 nitrogen and oxygen atoms in total. The zero-order valence-corrected chi connectivity index (χ0v) is 6.98. The van der Waals surface area contributed by atoms with E-state index in [4.69, 9.17) is 0 Å². The van der Waals surface area contributed by atoms with E-state index in [1.807, 2.05) is 31.4 Å². The third-order valence-corrected chi connectivity index (χ3v) is 4.88. The summed E-state index contributed by atoms with van der Waals surface area (Å²) in [6, 6.07) is 8.60. The zero-order chi connectivity index (χ0) is 6.10. The van der Waals surface area contributed by atoms with Crippen molar-refractivity contribution in [1.82, 2.24) is 0 Å². The summed E-state index contributed by atoms with van der Waals surface area (Å²) in [5.74, 6) is 0. The molecule has 1 heterocycles. The molecule has 2 bridgehead atoms. The average Bonchev–Trinajstić information content (AvgIpc) is 1.88. The molecule has 0 spiro atoms. The Morgan fingerprint density at radius 2 is 1.67 bits per heavy atom. The van der Waals surface area contributed by atoms with Gasteiger partial charge in [-0.25, -0.2) is 0 Å². The molecule has 0 saturated heterocycles. The largest absolute Gasteiger partial charge is 0.0600 e. The molecule has 0 aromatic heterocycles. The van der Waals surface area contributed by atoms with E-state index in [-0.39, 0.29) is 0 Å². The van der Waals surface area contributed by atoms with Crippen LogP contribution < -0.4 is 0 Å². The number of hydrogen-bond acceptors (Lipinski definition) is 3. The minimum Gasteiger partial charge on any atom is -0.0600 e. The van der Waals surface area contributed by atoms with Gasteiger partial charge in [0.15, 0.2) is 0 Å². The maximum Gasteiger partial charge on any atom is 0.0202 e. The topological polar surface area (TPSA) is 0 Å². The number of hydrogen-bond donors (Lipinski definition) is 0. The van der Waals surface area contributed by atoms with E-state index in [1.165, 1.54) is 9.79 Å². The Balaban J connectivity index is 2.53. The minimum absolute atomic E-state index is 1.37. The van der Waals surface area contributed by atoms with Gasteiger partial charge >= 0.3 is 0 Å². The van der Waals surface area contributed by atoms with Crippen molar-refractivity contribution < 1.29 is 0 Å². The summed E-state index contributed by atoms with van der Waals surface area (Å²) < 4.78 is 0. The molecule has 0 atom stereocenters. The summed E-state index contributed by atoms with van der Waals surface area (Å²) in [6.07, 6.45) is 0. The highest BCUT2D eigenvalue weighted by atomic mass is 33.5. The van der Waals surface area contributed by atoms with Gasteiger partial charge in [0.05, 0.1) is 0 Å². The SMILES string of the molecule is c1cc2cc(c1)SSS2. The van der Waals surface area contributed by atoms with Crippen molar-refractivity contribution in [2.24, 2.45) is 0 Å². The van der Waals surface area contributed by atoms with Crippen LogP contribution in [0.1, 0.15) is 0 Å². The van der Waals surface area contributed by atoms with E-state index in [2.05, 4.69) is 24.3 Å². The lowest BCUT2D eigenvalue weighted by molar-refractivity contribution is 1.34. The van der Waals surface area contributed by atoms with Crippen LogP contribution in [0.3, 0.4) is 0 Å². The van der Waals surface area contributed by atoms with Crippen LogP contribution in [0, 0.1) is 0 Å². The second kappa shape index (κ2) is 2.48. The van der Waals surface area contributed by atoms with Gasteiger partial charge in [0.25, 0.3) is 0 Å². The minimum atomic E-state index is 1.37. The van der Waals surface area contributed by atoms with Crippen LogP contribution in [0.25, 0.3) is 0 Å². The van der Waals surface area contributed by atoms with Crippen molar-refractivity contribution in [2.75, 3.05) is 0 Å². The predicted octanol–water partition coefficient (Wildman–Crippen LogP) is 3.45. The maximum absolute atomic E-state index is 2.21. The van der Waals surface area contributed by atoms with Crippen LogP contribution in [-0.2, 0) is 0 Å². The first-order chi connectivity index (χ1) is 4.45. The first kappa shape index (κ1) is 6.01. The smallest absolute Gasteiger partial charge is 0.0202 e. The lowest BCUT2D eigenvalue weighted by Gasteiger charge is -2.07. The Morgan fingerprint density at radius 3 is 2.22 bits per heavy atom. The predicted molar refractivity (Wildman–Crippen MR) is 45.7 cm³/mol. The summed E-state index contributed by atoms with van der Waals surface area (Å²) in [7, 11) is 5.50. The molecular weight excluding hydrogens is 168 g/mol. The molecular formula is C6H4S3. The van der Waals surface area contributed by atoms with Crippen LogP contribution in [0.2, 0.25) is 0 Å². The molecule has 0 N–H and O–H groups in total. The van der Waals surface area contributed by atoms with Crippen LogP contribution in [0.4, 0.5) is 0 Å². The van der Waals surface area contributed by atoms with E-state index in [0.29, 0.717) is 0 Å². The summed E-state index contributed by atoms with van der Waals surface area (Å²) >= 11 is 0. The molecule has 3 heteroatoms. The molecule has 1 aliphatic rings. The van der Waals surface area contributed by atoms with Crippen molar-refractivity contribution in [1.29, 1.82) is 0 Å². The van der Waals surface area contributed by atoms with E-state index in [1.54, 1.807) is 0 Å². The van der Waals surface area contributed by atoms with Gasteiger partial charge < -0.3 is 0 Å². The second-order valence-corrected chi connectivity index (χ2v) is 5.75. The molecule has 1 aliphatic heterocycles. The van der Waals surface area contributed by atoms with Gasteiger partial charge in [-0.1, -0.05) is 6.07 Å². The molecule has 1 aromatic carbocycles. The summed E-state index contributed by atoms with van der Waals surface area (Å²) in [6.45, 7) is 0. The Hall–Kier alpha value is 0.270. The molecule has 1 aromatic rings. The normalized spacial score (nSPS) is 15.6. The molecule has 0 radical (unpaired) electrons. The molecule has 0 saturated carbocycles. The summed E-state index contributed by atoms with van der Waals surface area (Å²) in [4.78, 5) is 2.74. The zero-order valence-electron chi connectivity index (χ0n) is 4.53. The van der Waals surface area contributed by atoms with Crippen LogP contribution >= 0.6 is 31.4 Å². The van der Waals surface area contributed by atoms with Gasteiger partial charge in [-0.2, -0.15) is 0 Å². The number of benzene rings is 1. The first-order valence-corrected chi connectivity index (χ1v) is 6.05. The summed E-state index contributed by atoms with van der Waals surface area (Å²) in [5.41, 5.74) is 0. The Bertz CT molecular complexity index is 202. The first-order valence-electron chi connectivity index (χ1n) is 2.56. The standard InChI is InChI=1S/C6H4S3/c1-2-5-4-6(3-1)8-9-7-5/h1-4H. The van der Waals surface area contributed by atoms with Gasteiger partial charge in [-0.15, -0.1) is 0 Å². The molecule has 0 amide bonds. The van der Waals surface area contributed by atoms with E-state index in [9.17, 15) is 0 Å². The fourth-order valence-electron chi connectivity index (χ4n) is 0.673. The Morgan fingerprint density at radius 1 is 1.00 bits per heavy atom. The molecule has 2 rings (SSSR count). The maximum atomic E-state index is 2.21. The summed E-state index contributed by atoms with van der Waals surface area (Å²) in [5, 5.41) is 0. The van der Waals surface area contributed by atoms with Gasteiger partial charge in [0.1, 0.15) is 0 Å². The molecule has 0 aliphatic carbocycles. The molecule has 0 unspecified atom stereocenters. The Kier molecular flexibility index (Phi) is 1.66. The van der Waals surface area contributed by atoms with Crippen molar-refractivity contribution in [3.05, 3.63) is 24.3 Å². The Labute approximate surface area is 65.6 Å². The molecule has 9 heavy (non-hydrogen) atoms. The highest BCUT2D eigenvalue weighted by Crippen LogP contribution is 2.49. The third-order valence-electron chi connectivity index (χ3n) is 1.07. The highest BCUT2D eigenvalue weighted by Gasteiger charge is 2.04. The van der Waals surface area contributed by atoms with E-state index in [0.717, 1.165) is 0 Å². The van der Waals surface area contributed by atoms with Gasteiger partial charge in [-0.05, 0) is 49.6 Å². The van der Waals surface area contributed by atoms with Crippen molar-refractivity contribution in [3.8, 4) is 0 Å². The highest BCUT2D eigenvalue weighted by molar-refractivity contribution is 9.09. The lowest BCUT2D eigenvalue weighted by atomic mass is 10.4. The van der Waals surface area contributed by atoms with Gasteiger partial charge in [0.2, 0.25) is 0 Å². The quantitative estimate of drug-likeness (QED) is 0.550. The van der Waals surface area contributed by atoms with Crippen molar-refractivity contribution in [2.45, 2.75) is 9.79 Å². The monoisotopic (exact) mass is 172 g/mol.